The van der Waals surface area contributed by atoms with E-state index in [1.165, 1.54) is 17.5 Å². The lowest BCUT2D eigenvalue weighted by atomic mass is 10.00. The lowest BCUT2D eigenvalue weighted by Crippen LogP contribution is -2.42. The summed E-state index contributed by atoms with van der Waals surface area (Å²) in [7, 11) is 1.75. The summed E-state index contributed by atoms with van der Waals surface area (Å²) in [5, 5.41) is 6.50. The fraction of sp³-hybridized carbons (Fsp3) is 0.579. The van der Waals surface area contributed by atoms with Crippen LogP contribution in [0.1, 0.15) is 37.3 Å². The van der Waals surface area contributed by atoms with Crippen molar-refractivity contribution in [2.45, 2.75) is 39.7 Å². The Balaban J connectivity index is 0.00000312. The Kier molecular flexibility index (Phi) is 9.85. The van der Waals surface area contributed by atoms with Crippen molar-refractivity contribution in [3.8, 4) is 0 Å². The molecule has 1 aromatic rings. The van der Waals surface area contributed by atoms with Gasteiger partial charge in [0.05, 0.1) is 0 Å². The molecule has 25 heavy (non-hydrogen) atoms. The Hall–Kier alpha value is -1.31. The van der Waals surface area contributed by atoms with E-state index >= 15 is 0 Å². The maximum Gasteiger partial charge on any atom is 0.224 e. The molecule has 1 unspecified atom stereocenters. The molecule has 6 heteroatoms. The summed E-state index contributed by atoms with van der Waals surface area (Å²) in [6.45, 7) is 7.43. The number of likely N-dealkylation sites (tertiary alicyclic amines) is 1. The summed E-state index contributed by atoms with van der Waals surface area (Å²) < 4.78 is 0. The van der Waals surface area contributed by atoms with Gasteiger partial charge >= 0.3 is 0 Å². The van der Waals surface area contributed by atoms with E-state index in [2.05, 4.69) is 53.7 Å². The molecule has 0 aliphatic carbocycles. The molecule has 140 valence electrons. The highest BCUT2D eigenvalue weighted by Gasteiger charge is 2.20. The minimum Gasteiger partial charge on any atom is -0.356 e. The molecule has 0 radical (unpaired) electrons. The van der Waals surface area contributed by atoms with Gasteiger partial charge in [-0.1, -0.05) is 36.8 Å². The zero-order chi connectivity index (χ0) is 17.4. The molecule has 1 atom stereocenters. The number of piperidine rings is 1. The van der Waals surface area contributed by atoms with E-state index in [9.17, 15) is 4.79 Å². The zero-order valence-electron chi connectivity index (χ0n) is 15.5. The molecule has 0 spiro atoms. The number of guanidine groups is 1. The van der Waals surface area contributed by atoms with Gasteiger partial charge < -0.3 is 15.5 Å². The van der Waals surface area contributed by atoms with Crippen LogP contribution in [0.5, 0.6) is 0 Å². The van der Waals surface area contributed by atoms with E-state index in [0.717, 1.165) is 32.0 Å². The van der Waals surface area contributed by atoms with Gasteiger partial charge in [-0.25, -0.2) is 0 Å². The molecule has 1 fully saturated rings. The Morgan fingerprint density at radius 3 is 2.64 bits per heavy atom. The van der Waals surface area contributed by atoms with E-state index in [-0.39, 0.29) is 29.9 Å². The smallest absolute Gasteiger partial charge is 0.224 e. The molecule has 2 rings (SSSR count). The highest BCUT2D eigenvalue weighted by atomic mass is 127. The number of benzene rings is 1. The minimum atomic E-state index is 0. The van der Waals surface area contributed by atoms with Crippen molar-refractivity contribution >= 4 is 35.8 Å². The van der Waals surface area contributed by atoms with Gasteiger partial charge in [0.25, 0.3) is 0 Å². The standard InChI is InChI=1S/C19H30N4O.HI/c1-15-6-8-17(9-7-15)13-22-19(20-3)21-11-10-18(24)23-12-4-5-16(2)14-23;/h6-9,16H,4-5,10-14H2,1-3H3,(H2,20,21,22);1H. The molecule has 1 aliphatic heterocycles. The van der Waals surface area contributed by atoms with Crippen molar-refractivity contribution in [2.75, 3.05) is 26.7 Å². The van der Waals surface area contributed by atoms with Gasteiger partial charge in [0, 0.05) is 39.6 Å². The Labute approximate surface area is 168 Å². The minimum absolute atomic E-state index is 0. The van der Waals surface area contributed by atoms with Crippen LogP contribution in [0.15, 0.2) is 29.3 Å². The number of nitrogens with zero attached hydrogens (tertiary/aromatic N) is 2. The first-order chi connectivity index (χ1) is 11.6. The summed E-state index contributed by atoms with van der Waals surface area (Å²) in [5.41, 5.74) is 2.47. The van der Waals surface area contributed by atoms with Crippen molar-refractivity contribution in [3.05, 3.63) is 35.4 Å². The van der Waals surface area contributed by atoms with Gasteiger partial charge in [-0.15, -0.1) is 24.0 Å². The van der Waals surface area contributed by atoms with Gasteiger partial charge in [0.2, 0.25) is 5.91 Å². The molecule has 1 saturated heterocycles. The van der Waals surface area contributed by atoms with Crippen molar-refractivity contribution in [2.24, 2.45) is 10.9 Å². The molecule has 0 saturated carbocycles. The third-order valence-electron chi connectivity index (χ3n) is 4.45. The second kappa shape index (κ2) is 11.3. The third kappa shape index (κ3) is 7.63. The van der Waals surface area contributed by atoms with Crippen LogP contribution in [0.25, 0.3) is 0 Å². The predicted octanol–water partition coefficient (Wildman–Crippen LogP) is 2.93. The van der Waals surface area contributed by atoms with Crippen molar-refractivity contribution in [1.29, 1.82) is 0 Å². The third-order valence-corrected chi connectivity index (χ3v) is 4.45. The normalized spacial score (nSPS) is 17.6. The second-order valence-corrected chi connectivity index (χ2v) is 6.68. The van der Waals surface area contributed by atoms with Crippen molar-refractivity contribution in [3.63, 3.8) is 0 Å². The van der Waals surface area contributed by atoms with Gasteiger partial charge in [-0.05, 0) is 31.2 Å². The molecule has 0 bridgehead atoms. The first kappa shape index (κ1) is 21.7. The summed E-state index contributed by atoms with van der Waals surface area (Å²) in [4.78, 5) is 18.5. The Morgan fingerprint density at radius 1 is 1.28 bits per heavy atom. The van der Waals surface area contributed by atoms with Crippen LogP contribution in [-0.4, -0.2) is 43.4 Å². The first-order valence-electron chi connectivity index (χ1n) is 8.86. The maximum absolute atomic E-state index is 12.3. The monoisotopic (exact) mass is 458 g/mol. The average molecular weight is 458 g/mol. The van der Waals surface area contributed by atoms with Crippen LogP contribution in [0.3, 0.4) is 0 Å². The highest BCUT2D eigenvalue weighted by Crippen LogP contribution is 2.15. The number of nitrogens with one attached hydrogen (secondary N) is 2. The largest absolute Gasteiger partial charge is 0.356 e. The molecular formula is C19H31IN4O. The van der Waals surface area contributed by atoms with E-state index < -0.39 is 0 Å². The number of hydrogen-bond acceptors (Lipinski definition) is 2. The number of carbonyl (C=O) groups is 1. The SMILES string of the molecule is CN=C(NCCC(=O)N1CCCC(C)C1)NCc1ccc(C)cc1.I. The van der Waals surface area contributed by atoms with Crippen LogP contribution in [0, 0.1) is 12.8 Å². The van der Waals surface area contributed by atoms with E-state index in [4.69, 9.17) is 0 Å². The number of aryl methyl sites for hydroxylation is 1. The Bertz CT molecular complexity index is 559. The van der Waals surface area contributed by atoms with Gasteiger partial charge in [0.15, 0.2) is 5.96 Å². The lowest BCUT2D eigenvalue weighted by Gasteiger charge is -2.31. The van der Waals surface area contributed by atoms with Crippen LogP contribution >= 0.6 is 24.0 Å². The maximum atomic E-state index is 12.3. The van der Waals surface area contributed by atoms with Gasteiger partial charge in [-0.2, -0.15) is 0 Å². The number of carbonyl (C=O) groups excluding carboxylic acids is 1. The summed E-state index contributed by atoms with van der Waals surface area (Å²) in [6, 6.07) is 8.42. The number of rotatable bonds is 5. The molecular weight excluding hydrogens is 427 g/mol. The summed E-state index contributed by atoms with van der Waals surface area (Å²) in [6.07, 6.45) is 2.87. The Morgan fingerprint density at radius 2 is 2.00 bits per heavy atom. The van der Waals surface area contributed by atoms with Crippen LogP contribution < -0.4 is 10.6 Å². The quantitative estimate of drug-likeness (QED) is 0.406. The molecule has 1 amide bonds. The average Bonchev–Trinajstić information content (AvgIpc) is 2.59. The lowest BCUT2D eigenvalue weighted by molar-refractivity contribution is -0.132. The topological polar surface area (TPSA) is 56.7 Å². The molecule has 5 nitrogen and oxygen atoms in total. The van der Waals surface area contributed by atoms with E-state index in [1.54, 1.807) is 7.05 Å². The predicted molar refractivity (Wildman–Crippen MR) is 114 cm³/mol. The number of halogens is 1. The van der Waals surface area contributed by atoms with E-state index in [0.29, 0.717) is 18.9 Å². The number of amides is 1. The van der Waals surface area contributed by atoms with Gasteiger partial charge in [-0.3, -0.25) is 9.79 Å². The molecule has 1 heterocycles. The number of aliphatic imine (C=N–C) groups is 1. The van der Waals surface area contributed by atoms with Crippen LogP contribution in [0.2, 0.25) is 0 Å². The fourth-order valence-electron chi connectivity index (χ4n) is 2.97. The highest BCUT2D eigenvalue weighted by molar-refractivity contribution is 14.0. The van der Waals surface area contributed by atoms with Crippen LogP contribution in [0.4, 0.5) is 0 Å². The molecule has 2 N–H and O–H groups in total. The zero-order valence-corrected chi connectivity index (χ0v) is 17.9. The van der Waals surface area contributed by atoms with Crippen molar-refractivity contribution in [1.82, 2.24) is 15.5 Å². The summed E-state index contributed by atoms with van der Waals surface area (Å²) in [5.74, 6) is 1.60. The number of hydrogen-bond donors (Lipinski definition) is 2. The summed E-state index contributed by atoms with van der Waals surface area (Å²) >= 11 is 0. The van der Waals surface area contributed by atoms with Gasteiger partial charge in [0.1, 0.15) is 0 Å². The second-order valence-electron chi connectivity index (χ2n) is 6.68. The van der Waals surface area contributed by atoms with Crippen molar-refractivity contribution < 1.29 is 4.79 Å². The molecule has 1 aliphatic rings. The van der Waals surface area contributed by atoms with E-state index in [1.807, 2.05) is 4.90 Å². The first-order valence-corrected chi connectivity index (χ1v) is 8.86. The molecule has 1 aromatic carbocycles. The fourth-order valence-corrected chi connectivity index (χ4v) is 2.97. The van der Waals surface area contributed by atoms with Crippen LogP contribution in [-0.2, 0) is 11.3 Å². The molecule has 0 aromatic heterocycles.